The lowest BCUT2D eigenvalue weighted by Gasteiger charge is -2.27. The standard InChI is InChI=1S/C24H28N2O3/c1-16-5-4-6-18(13-16)15-28-24-25-22-14-21(11-12-23(22)26(24)3)29-20-9-7-19(8-10-20)17(2)27/h4-6,11-14,19-20H,7-10,15H2,1-3H3. The zero-order valence-electron chi connectivity index (χ0n) is 17.4. The van der Waals surface area contributed by atoms with E-state index in [1.807, 2.05) is 35.9 Å². The van der Waals surface area contributed by atoms with E-state index in [-0.39, 0.29) is 12.0 Å². The number of imidazole rings is 1. The van der Waals surface area contributed by atoms with Crippen LogP contribution in [-0.2, 0) is 18.4 Å². The molecule has 0 unspecified atom stereocenters. The lowest BCUT2D eigenvalue weighted by atomic mass is 9.85. The summed E-state index contributed by atoms with van der Waals surface area (Å²) >= 11 is 0. The average Bonchev–Trinajstić information content (AvgIpc) is 3.02. The third-order valence-electron chi connectivity index (χ3n) is 5.81. The van der Waals surface area contributed by atoms with Gasteiger partial charge in [0.1, 0.15) is 18.1 Å². The van der Waals surface area contributed by atoms with E-state index in [9.17, 15) is 4.79 Å². The number of aromatic nitrogens is 2. The summed E-state index contributed by atoms with van der Waals surface area (Å²) in [6.07, 6.45) is 3.86. The quantitative estimate of drug-likeness (QED) is 0.593. The maximum Gasteiger partial charge on any atom is 0.297 e. The van der Waals surface area contributed by atoms with E-state index >= 15 is 0 Å². The van der Waals surface area contributed by atoms with Crippen molar-refractivity contribution in [2.45, 2.75) is 52.2 Å². The van der Waals surface area contributed by atoms with Gasteiger partial charge < -0.3 is 9.47 Å². The molecule has 1 aromatic heterocycles. The van der Waals surface area contributed by atoms with E-state index < -0.39 is 0 Å². The molecule has 0 saturated heterocycles. The molecule has 0 spiro atoms. The van der Waals surface area contributed by atoms with E-state index in [4.69, 9.17) is 9.47 Å². The van der Waals surface area contributed by atoms with Gasteiger partial charge in [0.2, 0.25) is 0 Å². The number of carbonyl (C=O) groups excluding carboxylic acids is 1. The zero-order chi connectivity index (χ0) is 20.4. The van der Waals surface area contributed by atoms with Gasteiger partial charge in [-0.2, -0.15) is 4.98 Å². The van der Waals surface area contributed by atoms with E-state index in [2.05, 4.69) is 30.1 Å². The molecule has 1 aliphatic carbocycles. The first-order valence-electron chi connectivity index (χ1n) is 10.3. The highest BCUT2D eigenvalue weighted by molar-refractivity contribution is 5.79. The van der Waals surface area contributed by atoms with Crippen molar-refractivity contribution in [2.24, 2.45) is 13.0 Å². The van der Waals surface area contributed by atoms with Crippen LogP contribution in [0.15, 0.2) is 42.5 Å². The monoisotopic (exact) mass is 392 g/mol. The highest BCUT2D eigenvalue weighted by atomic mass is 16.5. The Labute approximate surface area is 171 Å². The molecule has 3 aromatic rings. The molecule has 4 rings (SSSR count). The summed E-state index contributed by atoms with van der Waals surface area (Å²) in [6, 6.07) is 14.9. The van der Waals surface area contributed by atoms with Gasteiger partial charge in [-0.05, 0) is 57.2 Å². The zero-order valence-corrected chi connectivity index (χ0v) is 17.4. The summed E-state index contributed by atoms with van der Waals surface area (Å²) in [5, 5.41) is 0. The normalized spacial score (nSPS) is 19.3. The number of carbonyl (C=O) groups is 1. The molecule has 0 N–H and O–H groups in total. The van der Waals surface area contributed by atoms with Crippen LogP contribution in [0.2, 0.25) is 0 Å². The van der Waals surface area contributed by atoms with Crippen molar-refractivity contribution in [1.29, 1.82) is 0 Å². The van der Waals surface area contributed by atoms with Gasteiger partial charge in [0.05, 0.1) is 17.1 Å². The molecule has 1 saturated carbocycles. The predicted octanol–water partition coefficient (Wildman–Crippen LogP) is 4.99. The fourth-order valence-electron chi connectivity index (χ4n) is 4.09. The number of fused-ring (bicyclic) bond motifs is 1. The molecule has 5 nitrogen and oxygen atoms in total. The van der Waals surface area contributed by atoms with Crippen LogP contribution in [0.4, 0.5) is 0 Å². The van der Waals surface area contributed by atoms with Crippen LogP contribution < -0.4 is 9.47 Å². The van der Waals surface area contributed by atoms with Crippen LogP contribution >= 0.6 is 0 Å². The van der Waals surface area contributed by atoms with Crippen molar-refractivity contribution in [3.05, 3.63) is 53.6 Å². The number of Topliss-reactive ketones (excluding diaryl/α,β-unsaturated/α-hetero) is 1. The highest BCUT2D eigenvalue weighted by Crippen LogP contribution is 2.30. The van der Waals surface area contributed by atoms with Crippen molar-refractivity contribution < 1.29 is 14.3 Å². The summed E-state index contributed by atoms with van der Waals surface area (Å²) in [5.74, 6) is 1.34. The van der Waals surface area contributed by atoms with Gasteiger partial charge in [0.15, 0.2) is 0 Å². The summed E-state index contributed by atoms with van der Waals surface area (Å²) < 4.78 is 14.1. The van der Waals surface area contributed by atoms with E-state index in [1.165, 1.54) is 5.56 Å². The Bertz CT molecular complexity index is 1020. The largest absolute Gasteiger partial charge is 0.490 e. The number of hydrogen-bond acceptors (Lipinski definition) is 4. The van der Waals surface area contributed by atoms with Crippen molar-refractivity contribution in [3.63, 3.8) is 0 Å². The average molecular weight is 392 g/mol. The van der Waals surface area contributed by atoms with Gasteiger partial charge in [0.25, 0.3) is 6.01 Å². The SMILES string of the molecule is CC(=O)C1CCC(Oc2ccc3c(c2)nc(OCc2cccc(C)c2)n3C)CC1. The molecular weight excluding hydrogens is 364 g/mol. The maximum atomic E-state index is 11.5. The Balaban J connectivity index is 1.43. The first kappa shape index (κ1) is 19.5. The number of aryl methyl sites for hydroxylation is 2. The van der Waals surface area contributed by atoms with Gasteiger partial charge in [-0.15, -0.1) is 0 Å². The van der Waals surface area contributed by atoms with E-state index in [1.54, 1.807) is 6.92 Å². The van der Waals surface area contributed by atoms with Crippen LogP contribution in [-0.4, -0.2) is 21.4 Å². The smallest absolute Gasteiger partial charge is 0.297 e. The fourth-order valence-corrected chi connectivity index (χ4v) is 4.09. The van der Waals surface area contributed by atoms with Crippen LogP contribution in [0.1, 0.15) is 43.7 Å². The molecule has 29 heavy (non-hydrogen) atoms. The molecule has 0 amide bonds. The summed E-state index contributed by atoms with van der Waals surface area (Å²) in [4.78, 5) is 16.2. The molecule has 0 bridgehead atoms. The molecule has 0 radical (unpaired) electrons. The minimum absolute atomic E-state index is 0.170. The lowest BCUT2D eigenvalue weighted by molar-refractivity contribution is -0.122. The molecule has 0 atom stereocenters. The molecule has 1 fully saturated rings. The highest BCUT2D eigenvalue weighted by Gasteiger charge is 2.25. The van der Waals surface area contributed by atoms with Crippen LogP contribution in [0.25, 0.3) is 11.0 Å². The maximum absolute atomic E-state index is 11.5. The molecule has 0 aliphatic heterocycles. The number of nitrogens with zero attached hydrogens (tertiary/aromatic N) is 2. The second kappa shape index (κ2) is 8.27. The van der Waals surface area contributed by atoms with Crippen molar-refractivity contribution in [1.82, 2.24) is 9.55 Å². The van der Waals surface area contributed by atoms with E-state index in [0.717, 1.165) is 48.0 Å². The second-order valence-electron chi connectivity index (χ2n) is 8.08. The topological polar surface area (TPSA) is 53.4 Å². The first-order valence-corrected chi connectivity index (χ1v) is 10.3. The Kier molecular flexibility index (Phi) is 5.56. The third-order valence-corrected chi connectivity index (χ3v) is 5.81. The van der Waals surface area contributed by atoms with Crippen molar-refractivity contribution >= 4 is 16.8 Å². The number of benzene rings is 2. The van der Waals surface area contributed by atoms with Gasteiger partial charge in [-0.1, -0.05) is 29.8 Å². The molecule has 1 heterocycles. The second-order valence-corrected chi connectivity index (χ2v) is 8.08. The number of rotatable bonds is 6. The number of ketones is 1. The minimum Gasteiger partial charge on any atom is -0.490 e. The number of hydrogen-bond donors (Lipinski definition) is 0. The Morgan fingerprint density at radius 1 is 1.14 bits per heavy atom. The van der Waals surface area contributed by atoms with E-state index in [0.29, 0.717) is 18.4 Å². The summed E-state index contributed by atoms with van der Waals surface area (Å²) in [7, 11) is 1.96. The van der Waals surface area contributed by atoms with Gasteiger partial charge >= 0.3 is 0 Å². The number of ether oxygens (including phenoxy) is 2. The predicted molar refractivity (Wildman–Crippen MR) is 113 cm³/mol. The first-order chi connectivity index (χ1) is 14.0. The lowest BCUT2D eigenvalue weighted by Crippen LogP contribution is -2.26. The van der Waals surface area contributed by atoms with Crippen LogP contribution in [0.5, 0.6) is 11.8 Å². The summed E-state index contributed by atoms with van der Waals surface area (Å²) in [6.45, 7) is 4.26. The van der Waals surface area contributed by atoms with Crippen LogP contribution in [0, 0.1) is 12.8 Å². The molecule has 1 aliphatic rings. The molecule has 152 valence electrons. The molecular formula is C24H28N2O3. The minimum atomic E-state index is 0.170. The van der Waals surface area contributed by atoms with Gasteiger partial charge in [-0.25, -0.2) is 0 Å². The molecule has 2 aromatic carbocycles. The Hall–Kier alpha value is -2.82. The Morgan fingerprint density at radius 3 is 2.66 bits per heavy atom. The third kappa shape index (κ3) is 4.44. The fraction of sp³-hybridized carbons (Fsp3) is 0.417. The van der Waals surface area contributed by atoms with Crippen molar-refractivity contribution in [3.8, 4) is 11.8 Å². The molecule has 5 heteroatoms. The van der Waals surface area contributed by atoms with Gasteiger partial charge in [0, 0.05) is 19.0 Å². The van der Waals surface area contributed by atoms with Crippen molar-refractivity contribution in [2.75, 3.05) is 0 Å². The Morgan fingerprint density at radius 2 is 1.93 bits per heavy atom. The summed E-state index contributed by atoms with van der Waals surface area (Å²) in [5.41, 5.74) is 4.22. The van der Waals surface area contributed by atoms with Crippen LogP contribution in [0.3, 0.4) is 0 Å². The van der Waals surface area contributed by atoms with Gasteiger partial charge in [-0.3, -0.25) is 9.36 Å².